The summed E-state index contributed by atoms with van der Waals surface area (Å²) in [6, 6.07) is 3.38. The minimum absolute atomic E-state index is 0.255. The Morgan fingerprint density at radius 2 is 2.00 bits per heavy atom. The molecule has 2 nitrogen and oxygen atoms in total. The number of halogens is 1. The van der Waals surface area contributed by atoms with Crippen molar-refractivity contribution in [2.24, 2.45) is 0 Å². The first-order chi connectivity index (χ1) is 6.91. The van der Waals surface area contributed by atoms with Gasteiger partial charge < -0.3 is 5.32 Å². The molecule has 0 fully saturated rings. The molecule has 0 bridgehead atoms. The summed E-state index contributed by atoms with van der Waals surface area (Å²) in [6.45, 7) is 7.17. The summed E-state index contributed by atoms with van der Waals surface area (Å²) < 4.78 is 13.6. The Morgan fingerprint density at radius 3 is 2.40 bits per heavy atom. The molecular formula is C12H16FNO. The zero-order valence-electron chi connectivity index (χ0n) is 9.52. The minimum Gasteiger partial charge on any atom is -0.324 e. The molecule has 1 aromatic carbocycles. The maximum Gasteiger partial charge on any atom is 0.221 e. The number of benzene rings is 1. The van der Waals surface area contributed by atoms with Crippen molar-refractivity contribution in [3.05, 3.63) is 29.1 Å². The summed E-state index contributed by atoms with van der Waals surface area (Å²) in [4.78, 5) is 10.9. The lowest BCUT2D eigenvalue weighted by Gasteiger charge is -2.12. The van der Waals surface area contributed by atoms with E-state index in [-0.39, 0.29) is 23.3 Å². The third kappa shape index (κ3) is 2.78. The molecule has 0 aliphatic heterocycles. The highest BCUT2D eigenvalue weighted by molar-refractivity contribution is 5.89. The molecule has 0 heterocycles. The number of hydrogen-bond donors (Lipinski definition) is 1. The van der Waals surface area contributed by atoms with Crippen LogP contribution in [0.1, 0.15) is 37.8 Å². The molecule has 1 aromatic rings. The molecule has 0 atom stereocenters. The zero-order valence-corrected chi connectivity index (χ0v) is 9.52. The van der Waals surface area contributed by atoms with Crippen LogP contribution in [0.15, 0.2) is 12.1 Å². The molecule has 0 saturated carbocycles. The van der Waals surface area contributed by atoms with Gasteiger partial charge in [-0.2, -0.15) is 0 Å². The van der Waals surface area contributed by atoms with E-state index in [0.717, 1.165) is 11.1 Å². The second-order valence-electron chi connectivity index (χ2n) is 4.03. The van der Waals surface area contributed by atoms with Crippen molar-refractivity contribution < 1.29 is 9.18 Å². The van der Waals surface area contributed by atoms with E-state index in [4.69, 9.17) is 0 Å². The number of aryl methyl sites for hydroxylation is 1. The van der Waals surface area contributed by atoms with E-state index in [0.29, 0.717) is 0 Å². The van der Waals surface area contributed by atoms with E-state index in [9.17, 15) is 9.18 Å². The first-order valence-electron chi connectivity index (χ1n) is 4.99. The summed E-state index contributed by atoms with van der Waals surface area (Å²) in [7, 11) is 0. The maximum absolute atomic E-state index is 13.6. The Labute approximate surface area is 89.5 Å². The number of carbonyl (C=O) groups is 1. The van der Waals surface area contributed by atoms with Gasteiger partial charge in [-0.1, -0.05) is 19.9 Å². The maximum atomic E-state index is 13.6. The van der Waals surface area contributed by atoms with Crippen LogP contribution in [-0.2, 0) is 4.79 Å². The van der Waals surface area contributed by atoms with Crippen molar-refractivity contribution in [3.63, 3.8) is 0 Å². The lowest BCUT2D eigenvalue weighted by molar-refractivity contribution is -0.114. The van der Waals surface area contributed by atoms with Crippen molar-refractivity contribution in [3.8, 4) is 0 Å². The van der Waals surface area contributed by atoms with Gasteiger partial charge in [0.2, 0.25) is 5.91 Å². The predicted octanol–water partition coefficient (Wildman–Crippen LogP) is 3.22. The molecule has 82 valence electrons. The SMILES string of the molecule is CC(=O)Nc1c(C)cc(C(C)C)cc1F. The summed E-state index contributed by atoms with van der Waals surface area (Å²) in [5, 5.41) is 2.49. The fourth-order valence-electron chi connectivity index (χ4n) is 1.44. The number of amides is 1. The van der Waals surface area contributed by atoms with Crippen molar-refractivity contribution in [1.82, 2.24) is 0 Å². The summed E-state index contributed by atoms with van der Waals surface area (Å²) in [5.74, 6) is -0.340. The summed E-state index contributed by atoms with van der Waals surface area (Å²) in [5.41, 5.74) is 1.99. The second-order valence-corrected chi connectivity index (χ2v) is 4.03. The lowest BCUT2D eigenvalue weighted by atomic mass is 10.00. The fourth-order valence-corrected chi connectivity index (χ4v) is 1.44. The molecule has 0 spiro atoms. The van der Waals surface area contributed by atoms with Gasteiger partial charge in [-0.15, -0.1) is 0 Å². The third-order valence-corrected chi connectivity index (χ3v) is 2.28. The van der Waals surface area contributed by atoms with Gasteiger partial charge in [0.25, 0.3) is 0 Å². The Hall–Kier alpha value is -1.38. The van der Waals surface area contributed by atoms with Crippen LogP contribution in [0.5, 0.6) is 0 Å². The molecule has 0 aromatic heterocycles. The highest BCUT2D eigenvalue weighted by Crippen LogP contribution is 2.25. The summed E-state index contributed by atoms with van der Waals surface area (Å²) >= 11 is 0. The highest BCUT2D eigenvalue weighted by Gasteiger charge is 2.10. The van der Waals surface area contributed by atoms with Gasteiger partial charge in [0.1, 0.15) is 5.82 Å². The normalized spacial score (nSPS) is 10.5. The van der Waals surface area contributed by atoms with Crippen LogP contribution >= 0.6 is 0 Å². The number of nitrogens with one attached hydrogen (secondary N) is 1. The third-order valence-electron chi connectivity index (χ3n) is 2.28. The first-order valence-corrected chi connectivity index (χ1v) is 4.99. The van der Waals surface area contributed by atoms with Crippen molar-refractivity contribution >= 4 is 11.6 Å². The van der Waals surface area contributed by atoms with Gasteiger partial charge in [0.05, 0.1) is 5.69 Å². The van der Waals surface area contributed by atoms with E-state index in [1.807, 2.05) is 19.9 Å². The Kier molecular flexibility index (Phi) is 3.45. The van der Waals surface area contributed by atoms with E-state index in [2.05, 4.69) is 5.32 Å². The van der Waals surface area contributed by atoms with Gasteiger partial charge in [-0.25, -0.2) is 4.39 Å². The van der Waals surface area contributed by atoms with Crippen LogP contribution in [0.3, 0.4) is 0 Å². The lowest BCUT2D eigenvalue weighted by Crippen LogP contribution is -2.09. The molecule has 0 radical (unpaired) electrons. The van der Waals surface area contributed by atoms with Gasteiger partial charge in [0, 0.05) is 6.92 Å². The second kappa shape index (κ2) is 4.43. The van der Waals surface area contributed by atoms with Crippen molar-refractivity contribution in [2.75, 3.05) is 5.32 Å². The van der Waals surface area contributed by atoms with E-state index < -0.39 is 0 Å². The first kappa shape index (κ1) is 11.7. The topological polar surface area (TPSA) is 29.1 Å². The monoisotopic (exact) mass is 209 g/mol. The number of carbonyl (C=O) groups excluding carboxylic acids is 1. The number of rotatable bonds is 2. The smallest absolute Gasteiger partial charge is 0.221 e. The fraction of sp³-hybridized carbons (Fsp3) is 0.417. The molecular weight excluding hydrogens is 193 g/mol. The van der Waals surface area contributed by atoms with Crippen molar-refractivity contribution in [2.45, 2.75) is 33.6 Å². The Balaban J connectivity index is 3.15. The van der Waals surface area contributed by atoms with Gasteiger partial charge in [-0.3, -0.25) is 4.79 Å². The van der Waals surface area contributed by atoms with Crippen LogP contribution in [0.4, 0.5) is 10.1 Å². The minimum atomic E-state index is -0.367. The van der Waals surface area contributed by atoms with Crippen LogP contribution in [0.25, 0.3) is 0 Å². The highest BCUT2D eigenvalue weighted by atomic mass is 19.1. The molecule has 15 heavy (non-hydrogen) atoms. The van der Waals surface area contributed by atoms with Gasteiger partial charge in [0.15, 0.2) is 0 Å². The Bertz CT molecular complexity index is 362. The van der Waals surface area contributed by atoms with E-state index in [1.165, 1.54) is 13.0 Å². The van der Waals surface area contributed by atoms with E-state index in [1.54, 1.807) is 6.92 Å². The molecule has 0 aliphatic carbocycles. The largest absolute Gasteiger partial charge is 0.324 e. The molecule has 1 amide bonds. The number of hydrogen-bond acceptors (Lipinski definition) is 1. The van der Waals surface area contributed by atoms with Crippen molar-refractivity contribution in [1.29, 1.82) is 0 Å². The van der Waals surface area contributed by atoms with E-state index >= 15 is 0 Å². The molecule has 3 heteroatoms. The molecule has 1 rings (SSSR count). The zero-order chi connectivity index (χ0) is 11.6. The Morgan fingerprint density at radius 1 is 1.40 bits per heavy atom. The molecule has 1 N–H and O–H groups in total. The standard InChI is InChI=1S/C12H16FNO/c1-7(2)10-5-8(3)12(11(13)6-10)14-9(4)15/h5-7H,1-4H3,(H,14,15). The summed E-state index contributed by atoms with van der Waals surface area (Å²) in [6.07, 6.45) is 0. The quantitative estimate of drug-likeness (QED) is 0.796. The average molecular weight is 209 g/mol. The molecule has 0 aliphatic rings. The van der Waals surface area contributed by atoms with Crippen LogP contribution in [-0.4, -0.2) is 5.91 Å². The molecule has 0 saturated heterocycles. The van der Waals surface area contributed by atoms with Crippen LogP contribution in [0, 0.1) is 12.7 Å². The van der Waals surface area contributed by atoms with Crippen LogP contribution < -0.4 is 5.32 Å². The molecule has 0 unspecified atom stereocenters. The number of anilines is 1. The predicted molar refractivity (Wildman–Crippen MR) is 59.5 cm³/mol. The van der Waals surface area contributed by atoms with Gasteiger partial charge >= 0.3 is 0 Å². The van der Waals surface area contributed by atoms with Crippen LogP contribution in [0.2, 0.25) is 0 Å². The van der Waals surface area contributed by atoms with Gasteiger partial charge in [-0.05, 0) is 30.0 Å². The average Bonchev–Trinajstić information content (AvgIpc) is 2.10.